The van der Waals surface area contributed by atoms with Gasteiger partial charge in [-0.3, -0.25) is 0 Å². The largest absolute Gasteiger partial charge is 0.208 e. The van der Waals surface area contributed by atoms with Crippen molar-refractivity contribution in [1.29, 1.82) is 0 Å². The van der Waals surface area contributed by atoms with E-state index in [1.165, 1.54) is 33.0 Å². The summed E-state index contributed by atoms with van der Waals surface area (Å²) in [6, 6.07) is 70.1. The molecule has 244 valence electrons. The van der Waals surface area contributed by atoms with E-state index in [-0.39, 0.29) is 0 Å². The van der Waals surface area contributed by atoms with E-state index in [0.29, 0.717) is 17.5 Å². The van der Waals surface area contributed by atoms with Crippen molar-refractivity contribution >= 4 is 10.8 Å². The zero-order valence-corrected chi connectivity index (χ0v) is 28.4. The Morgan fingerprint density at radius 2 is 0.673 bits per heavy atom. The molecule has 0 bridgehead atoms. The predicted molar refractivity (Wildman–Crippen MR) is 215 cm³/mol. The molecule has 3 nitrogen and oxygen atoms in total. The molecular weight excluding hydrogens is 631 g/mol. The molecule has 0 aliphatic rings. The average Bonchev–Trinajstić information content (AvgIpc) is 3.24. The summed E-state index contributed by atoms with van der Waals surface area (Å²) in [5.74, 6) is 1.91. The molecule has 1 heterocycles. The summed E-state index contributed by atoms with van der Waals surface area (Å²) in [5, 5.41) is 2.48. The second-order valence-corrected chi connectivity index (χ2v) is 12.8. The number of aromatic nitrogens is 3. The van der Waals surface area contributed by atoms with Gasteiger partial charge in [0.2, 0.25) is 0 Å². The molecule has 52 heavy (non-hydrogen) atoms. The monoisotopic (exact) mass is 663 g/mol. The lowest BCUT2D eigenvalue weighted by atomic mass is 9.89. The first-order valence-electron chi connectivity index (χ1n) is 17.5. The van der Waals surface area contributed by atoms with E-state index in [2.05, 4.69) is 164 Å². The number of rotatable bonds is 7. The SMILES string of the molecule is c1ccc(-c2ccc(-c3nc(-c4ccccc4)nc(-c4cccc(-c5ccc(-c6cccc7ccccc67)cc5-c5ccccc5)c4)n3)cc2)cc1. The molecule has 0 unspecified atom stereocenters. The molecule has 0 spiro atoms. The first-order chi connectivity index (χ1) is 25.8. The lowest BCUT2D eigenvalue weighted by Crippen LogP contribution is -2.00. The van der Waals surface area contributed by atoms with Gasteiger partial charge in [-0.15, -0.1) is 0 Å². The highest BCUT2D eigenvalue weighted by Gasteiger charge is 2.16. The van der Waals surface area contributed by atoms with Crippen LogP contribution in [0.4, 0.5) is 0 Å². The minimum atomic E-state index is 0.631. The molecule has 8 aromatic carbocycles. The second-order valence-electron chi connectivity index (χ2n) is 12.8. The van der Waals surface area contributed by atoms with E-state index in [1.54, 1.807) is 0 Å². The number of benzene rings is 8. The topological polar surface area (TPSA) is 38.7 Å². The van der Waals surface area contributed by atoms with Crippen LogP contribution in [0.2, 0.25) is 0 Å². The molecule has 0 saturated carbocycles. The molecule has 1 aromatic heterocycles. The zero-order valence-electron chi connectivity index (χ0n) is 28.4. The Hall–Kier alpha value is -6.97. The maximum absolute atomic E-state index is 5.08. The van der Waals surface area contributed by atoms with Crippen LogP contribution in [0.25, 0.3) is 89.4 Å². The Labute approximate surface area is 303 Å². The smallest absolute Gasteiger partial charge is 0.164 e. The van der Waals surface area contributed by atoms with Gasteiger partial charge in [-0.05, 0) is 67.4 Å². The number of nitrogens with zero attached hydrogens (tertiary/aromatic N) is 3. The van der Waals surface area contributed by atoms with Crippen LogP contribution in [0.15, 0.2) is 200 Å². The Balaban J connectivity index is 1.16. The van der Waals surface area contributed by atoms with Crippen molar-refractivity contribution in [2.24, 2.45) is 0 Å². The van der Waals surface area contributed by atoms with Crippen LogP contribution in [0, 0.1) is 0 Å². The third kappa shape index (κ3) is 6.17. The van der Waals surface area contributed by atoms with E-state index < -0.39 is 0 Å². The van der Waals surface area contributed by atoms with Crippen molar-refractivity contribution in [3.63, 3.8) is 0 Å². The summed E-state index contributed by atoms with van der Waals surface area (Å²) in [5.41, 5.74) is 12.1. The van der Waals surface area contributed by atoms with Gasteiger partial charge >= 0.3 is 0 Å². The molecule has 0 atom stereocenters. The maximum Gasteiger partial charge on any atom is 0.164 e. The Morgan fingerprint density at radius 3 is 1.38 bits per heavy atom. The molecule has 0 amide bonds. The zero-order chi connectivity index (χ0) is 34.7. The molecule has 9 rings (SSSR count). The van der Waals surface area contributed by atoms with Crippen LogP contribution >= 0.6 is 0 Å². The molecule has 0 saturated heterocycles. The summed E-state index contributed by atoms with van der Waals surface area (Å²) < 4.78 is 0. The Bertz CT molecular complexity index is 2650. The summed E-state index contributed by atoms with van der Waals surface area (Å²) in [4.78, 5) is 15.1. The summed E-state index contributed by atoms with van der Waals surface area (Å²) in [6.07, 6.45) is 0. The van der Waals surface area contributed by atoms with Gasteiger partial charge < -0.3 is 0 Å². The molecule has 0 aliphatic heterocycles. The molecule has 0 fully saturated rings. The first-order valence-corrected chi connectivity index (χ1v) is 17.5. The molecule has 9 aromatic rings. The van der Waals surface area contributed by atoms with Gasteiger partial charge in [0.1, 0.15) is 0 Å². The fourth-order valence-corrected chi connectivity index (χ4v) is 6.92. The highest BCUT2D eigenvalue weighted by atomic mass is 15.0. The molecular formula is C49H33N3. The predicted octanol–water partition coefficient (Wildman–Crippen LogP) is 12.7. The quantitative estimate of drug-likeness (QED) is 0.170. The van der Waals surface area contributed by atoms with Crippen LogP contribution in [0.3, 0.4) is 0 Å². The average molecular weight is 664 g/mol. The van der Waals surface area contributed by atoms with Gasteiger partial charge in [-0.1, -0.05) is 188 Å². The highest BCUT2D eigenvalue weighted by molar-refractivity contribution is 5.98. The minimum Gasteiger partial charge on any atom is -0.208 e. The van der Waals surface area contributed by atoms with Gasteiger partial charge in [0.25, 0.3) is 0 Å². The fourth-order valence-electron chi connectivity index (χ4n) is 6.92. The van der Waals surface area contributed by atoms with Crippen molar-refractivity contribution in [1.82, 2.24) is 15.0 Å². The van der Waals surface area contributed by atoms with E-state index in [1.807, 2.05) is 36.4 Å². The number of fused-ring (bicyclic) bond motifs is 1. The van der Waals surface area contributed by atoms with E-state index >= 15 is 0 Å². The summed E-state index contributed by atoms with van der Waals surface area (Å²) in [7, 11) is 0. The lowest BCUT2D eigenvalue weighted by Gasteiger charge is -2.15. The van der Waals surface area contributed by atoms with Gasteiger partial charge in [0.05, 0.1) is 0 Å². The van der Waals surface area contributed by atoms with Gasteiger partial charge in [-0.2, -0.15) is 0 Å². The van der Waals surface area contributed by atoms with E-state index in [4.69, 9.17) is 15.0 Å². The molecule has 3 heteroatoms. The van der Waals surface area contributed by atoms with Crippen LogP contribution in [-0.4, -0.2) is 15.0 Å². The van der Waals surface area contributed by atoms with Crippen molar-refractivity contribution in [2.75, 3.05) is 0 Å². The van der Waals surface area contributed by atoms with Gasteiger partial charge in [-0.25, -0.2) is 15.0 Å². The third-order valence-corrected chi connectivity index (χ3v) is 9.55. The van der Waals surface area contributed by atoms with Crippen molar-refractivity contribution < 1.29 is 0 Å². The van der Waals surface area contributed by atoms with Crippen molar-refractivity contribution in [3.8, 4) is 78.7 Å². The summed E-state index contributed by atoms with van der Waals surface area (Å²) in [6.45, 7) is 0. The molecule has 0 N–H and O–H groups in total. The van der Waals surface area contributed by atoms with Crippen molar-refractivity contribution in [2.45, 2.75) is 0 Å². The summed E-state index contributed by atoms with van der Waals surface area (Å²) >= 11 is 0. The molecule has 0 aliphatic carbocycles. The third-order valence-electron chi connectivity index (χ3n) is 9.55. The second kappa shape index (κ2) is 13.7. The van der Waals surface area contributed by atoms with Gasteiger partial charge in [0, 0.05) is 16.7 Å². The standard InChI is InChI=1S/C49H33N3/c1-4-14-34(15-5-1)35-26-28-39(29-27-35)48-50-47(38-19-8-3-9-20-38)51-49(52-48)42-23-12-22-40(32-42)45-31-30-41(33-46(45)37-16-6-2-7-17-37)44-25-13-21-36-18-10-11-24-43(36)44/h1-33H. The molecule has 0 radical (unpaired) electrons. The normalized spacial score (nSPS) is 11.1. The van der Waals surface area contributed by atoms with Crippen molar-refractivity contribution in [3.05, 3.63) is 200 Å². The minimum absolute atomic E-state index is 0.631. The van der Waals surface area contributed by atoms with Crippen LogP contribution < -0.4 is 0 Å². The van der Waals surface area contributed by atoms with E-state index in [0.717, 1.165) is 38.9 Å². The fraction of sp³-hybridized carbons (Fsp3) is 0. The first kappa shape index (κ1) is 31.0. The lowest BCUT2D eigenvalue weighted by molar-refractivity contribution is 1.07. The van der Waals surface area contributed by atoms with Crippen LogP contribution in [0.1, 0.15) is 0 Å². The highest BCUT2D eigenvalue weighted by Crippen LogP contribution is 2.39. The number of hydrogen-bond donors (Lipinski definition) is 0. The Morgan fingerprint density at radius 1 is 0.231 bits per heavy atom. The van der Waals surface area contributed by atoms with Crippen LogP contribution in [0.5, 0.6) is 0 Å². The Kier molecular flexibility index (Phi) is 8.20. The van der Waals surface area contributed by atoms with E-state index in [9.17, 15) is 0 Å². The van der Waals surface area contributed by atoms with Crippen LogP contribution in [-0.2, 0) is 0 Å². The van der Waals surface area contributed by atoms with Gasteiger partial charge in [0.15, 0.2) is 17.5 Å². The maximum atomic E-state index is 5.08. The number of hydrogen-bond acceptors (Lipinski definition) is 3.